The fraction of sp³-hybridized carbons (Fsp3) is 0.462. The van der Waals surface area contributed by atoms with Crippen LogP contribution in [-0.2, 0) is 30.6 Å². The van der Waals surface area contributed by atoms with E-state index < -0.39 is 0 Å². The number of nitriles is 1. The van der Waals surface area contributed by atoms with Gasteiger partial charge in [-0.3, -0.25) is 9.36 Å². The quantitative estimate of drug-likeness (QED) is 0.266. The molecule has 0 fully saturated rings. The summed E-state index contributed by atoms with van der Waals surface area (Å²) in [5, 5.41) is 25.0. The van der Waals surface area contributed by atoms with Crippen LogP contribution < -0.4 is 5.32 Å². The van der Waals surface area contributed by atoms with Gasteiger partial charge < -0.3 is 5.32 Å². The molecule has 1 atom stereocenters. The van der Waals surface area contributed by atoms with Gasteiger partial charge in [-0.15, -0.1) is 39.4 Å². The highest BCUT2D eigenvalue weighted by Gasteiger charge is 2.32. The number of amides is 1. The van der Waals surface area contributed by atoms with Crippen LogP contribution in [0.15, 0.2) is 29.3 Å². The van der Waals surface area contributed by atoms with Crippen molar-refractivity contribution in [3.63, 3.8) is 0 Å². The molecular formula is C26H31N5OS3. The molecule has 4 rings (SSSR count). The van der Waals surface area contributed by atoms with E-state index in [9.17, 15) is 10.1 Å². The summed E-state index contributed by atoms with van der Waals surface area (Å²) in [5.74, 6) is 1.42. The Morgan fingerprint density at radius 1 is 1.43 bits per heavy atom. The van der Waals surface area contributed by atoms with Crippen LogP contribution in [0.2, 0.25) is 0 Å². The van der Waals surface area contributed by atoms with E-state index in [2.05, 4.69) is 67.3 Å². The van der Waals surface area contributed by atoms with Crippen molar-refractivity contribution in [3.8, 4) is 17.5 Å². The number of carbonyl (C=O) groups excluding carboxylic acids is 1. The van der Waals surface area contributed by atoms with Crippen LogP contribution in [-0.4, -0.2) is 26.4 Å². The van der Waals surface area contributed by atoms with Crippen molar-refractivity contribution in [1.29, 1.82) is 5.26 Å². The number of nitrogens with one attached hydrogen (secondary N) is 1. The summed E-state index contributed by atoms with van der Waals surface area (Å²) in [5.41, 5.74) is 3.03. The average molecular weight is 526 g/mol. The first-order valence-corrected chi connectivity index (χ1v) is 14.5. The van der Waals surface area contributed by atoms with Gasteiger partial charge in [0.05, 0.1) is 11.3 Å². The number of rotatable bonds is 8. The third kappa shape index (κ3) is 5.55. The minimum absolute atomic E-state index is 0.143. The number of allylic oxidation sites excluding steroid dienone is 1. The minimum Gasteiger partial charge on any atom is -0.316 e. The highest BCUT2D eigenvalue weighted by Crippen LogP contribution is 2.44. The summed E-state index contributed by atoms with van der Waals surface area (Å²) in [6.07, 6.45) is 5.74. The van der Waals surface area contributed by atoms with Crippen molar-refractivity contribution in [2.45, 2.75) is 65.1 Å². The molecule has 184 valence electrons. The molecule has 0 saturated carbocycles. The number of thiophene rings is 2. The molecule has 1 amide bonds. The Morgan fingerprint density at radius 2 is 2.23 bits per heavy atom. The van der Waals surface area contributed by atoms with Crippen LogP contribution in [0.3, 0.4) is 0 Å². The van der Waals surface area contributed by atoms with Gasteiger partial charge in [-0.25, -0.2) is 0 Å². The monoisotopic (exact) mass is 525 g/mol. The number of aryl methyl sites for hydroxylation is 1. The zero-order chi connectivity index (χ0) is 25.2. The Balaban J connectivity index is 1.46. The Morgan fingerprint density at radius 3 is 2.89 bits per heavy atom. The van der Waals surface area contributed by atoms with Gasteiger partial charge >= 0.3 is 0 Å². The summed E-state index contributed by atoms with van der Waals surface area (Å²) in [6.45, 7) is 13.4. The summed E-state index contributed by atoms with van der Waals surface area (Å²) in [4.78, 5) is 15.4. The normalized spacial score (nSPS) is 15.5. The lowest BCUT2D eigenvalue weighted by Gasteiger charge is -2.33. The van der Waals surface area contributed by atoms with Crippen LogP contribution in [0, 0.1) is 22.7 Å². The maximum absolute atomic E-state index is 12.9. The number of aromatic nitrogens is 3. The number of carbonyl (C=O) groups is 1. The second kappa shape index (κ2) is 10.7. The van der Waals surface area contributed by atoms with Crippen molar-refractivity contribution in [2.75, 3.05) is 11.1 Å². The van der Waals surface area contributed by atoms with Gasteiger partial charge in [-0.2, -0.15) is 5.26 Å². The highest BCUT2D eigenvalue weighted by molar-refractivity contribution is 7.99. The van der Waals surface area contributed by atoms with Gasteiger partial charge in [0, 0.05) is 27.2 Å². The number of hydrogen-bond donors (Lipinski definition) is 1. The van der Waals surface area contributed by atoms with Crippen LogP contribution >= 0.6 is 34.4 Å². The van der Waals surface area contributed by atoms with Gasteiger partial charge in [0.15, 0.2) is 11.0 Å². The molecule has 1 aliphatic carbocycles. The first kappa shape index (κ1) is 25.7. The van der Waals surface area contributed by atoms with E-state index in [1.165, 1.54) is 21.5 Å². The van der Waals surface area contributed by atoms with Crippen LogP contribution in [0.1, 0.15) is 55.0 Å². The predicted octanol–water partition coefficient (Wildman–Crippen LogP) is 6.57. The summed E-state index contributed by atoms with van der Waals surface area (Å²) >= 11 is 4.63. The molecule has 35 heavy (non-hydrogen) atoms. The molecule has 6 nitrogen and oxygen atoms in total. The van der Waals surface area contributed by atoms with E-state index in [0.717, 1.165) is 42.6 Å². The molecule has 3 heterocycles. The lowest BCUT2D eigenvalue weighted by Crippen LogP contribution is -2.26. The Kier molecular flexibility index (Phi) is 7.84. The first-order valence-electron chi connectivity index (χ1n) is 11.8. The molecule has 0 bridgehead atoms. The first-order chi connectivity index (χ1) is 16.7. The zero-order valence-corrected chi connectivity index (χ0v) is 23.1. The Hall–Kier alpha value is -2.41. The number of hydrogen-bond acceptors (Lipinski definition) is 7. The van der Waals surface area contributed by atoms with Crippen LogP contribution in [0.25, 0.3) is 11.4 Å². The van der Waals surface area contributed by atoms with E-state index in [-0.39, 0.29) is 17.1 Å². The number of anilines is 1. The largest absolute Gasteiger partial charge is 0.316 e. The molecule has 3 aromatic rings. The van der Waals surface area contributed by atoms with Crippen molar-refractivity contribution < 1.29 is 4.79 Å². The van der Waals surface area contributed by atoms with Crippen molar-refractivity contribution in [3.05, 3.63) is 45.0 Å². The molecule has 1 N–H and O–H groups in total. The molecule has 1 aliphatic rings. The number of fused-ring (bicyclic) bond motifs is 1. The van der Waals surface area contributed by atoms with Gasteiger partial charge in [0.25, 0.3) is 0 Å². The fourth-order valence-corrected chi connectivity index (χ4v) is 7.27. The molecular weight excluding hydrogens is 495 g/mol. The second-order valence-corrected chi connectivity index (χ2v) is 12.9. The highest BCUT2D eigenvalue weighted by atomic mass is 32.2. The third-order valence-corrected chi connectivity index (χ3v) is 9.69. The van der Waals surface area contributed by atoms with E-state index in [0.29, 0.717) is 28.2 Å². The number of thioether (sulfide) groups is 1. The van der Waals surface area contributed by atoms with Crippen molar-refractivity contribution >= 4 is 45.3 Å². The molecule has 0 aliphatic heterocycles. The van der Waals surface area contributed by atoms with E-state index in [4.69, 9.17) is 0 Å². The van der Waals surface area contributed by atoms with Crippen LogP contribution in [0.5, 0.6) is 0 Å². The second-order valence-electron chi connectivity index (χ2n) is 9.82. The van der Waals surface area contributed by atoms with E-state index in [1.807, 2.05) is 10.6 Å². The van der Waals surface area contributed by atoms with Crippen molar-refractivity contribution in [1.82, 2.24) is 14.8 Å². The topological polar surface area (TPSA) is 83.6 Å². The van der Waals surface area contributed by atoms with Gasteiger partial charge in [0.2, 0.25) is 5.91 Å². The maximum Gasteiger partial charge on any atom is 0.235 e. The lowest BCUT2D eigenvalue weighted by molar-refractivity contribution is -0.113. The molecule has 0 saturated heterocycles. The summed E-state index contributed by atoms with van der Waals surface area (Å²) in [6, 6.07) is 4.48. The maximum atomic E-state index is 12.9. The molecule has 1 unspecified atom stereocenters. The number of nitrogens with zero attached hydrogens (tertiary/aromatic N) is 4. The smallest absolute Gasteiger partial charge is 0.235 e. The zero-order valence-electron chi connectivity index (χ0n) is 20.7. The molecule has 0 aromatic carbocycles. The van der Waals surface area contributed by atoms with Crippen LogP contribution in [0.4, 0.5) is 5.00 Å². The van der Waals surface area contributed by atoms with Gasteiger partial charge in [-0.05, 0) is 48.6 Å². The van der Waals surface area contributed by atoms with Gasteiger partial charge in [0.1, 0.15) is 11.1 Å². The fourth-order valence-electron chi connectivity index (χ4n) is 4.41. The SMILES string of the molecule is C=CCn1c(SCC(=O)Nc2sc3c(c2C#N)CCC(C(C)(C)C)C3)nnc1-c1csc(CC)c1. The third-order valence-electron chi connectivity index (χ3n) is 6.48. The lowest BCUT2D eigenvalue weighted by atomic mass is 9.72. The minimum atomic E-state index is -0.143. The Labute approximate surface area is 219 Å². The summed E-state index contributed by atoms with van der Waals surface area (Å²) < 4.78 is 1.99. The average Bonchev–Trinajstić information content (AvgIpc) is 3.53. The summed E-state index contributed by atoms with van der Waals surface area (Å²) in [7, 11) is 0. The van der Waals surface area contributed by atoms with E-state index >= 15 is 0 Å². The van der Waals surface area contributed by atoms with Crippen molar-refractivity contribution in [2.24, 2.45) is 11.3 Å². The molecule has 9 heteroatoms. The van der Waals surface area contributed by atoms with E-state index in [1.54, 1.807) is 22.7 Å². The Bertz CT molecular complexity index is 1270. The standard InChI is InChI=1S/C26H31N5OS3/c1-6-10-31-23(16-11-18(7-2)33-14-16)29-30-25(31)34-15-22(32)28-24-20(13-27)19-9-8-17(26(3,4)5)12-21(19)35-24/h6,11,14,17H,1,7-10,12,15H2,2-5H3,(H,28,32). The molecule has 0 radical (unpaired) electrons. The molecule has 3 aromatic heterocycles. The molecule has 0 spiro atoms. The predicted molar refractivity (Wildman–Crippen MR) is 146 cm³/mol. The van der Waals surface area contributed by atoms with Gasteiger partial charge in [-0.1, -0.05) is 45.5 Å².